The lowest BCUT2D eigenvalue weighted by molar-refractivity contribution is -0.112. The molecule has 0 aromatic heterocycles. The van der Waals surface area contributed by atoms with Crippen molar-refractivity contribution in [3.63, 3.8) is 0 Å². The molecular formula is C26H19Cl2N3O3. The van der Waals surface area contributed by atoms with Gasteiger partial charge in [-0.3, -0.25) is 4.79 Å². The summed E-state index contributed by atoms with van der Waals surface area (Å²) >= 11 is 12.7. The second-order valence-electron chi connectivity index (χ2n) is 6.96. The molecular weight excluding hydrogens is 473 g/mol. The molecule has 0 heterocycles. The highest BCUT2D eigenvalue weighted by Gasteiger charge is 2.14. The molecule has 3 aromatic rings. The van der Waals surface area contributed by atoms with E-state index in [9.17, 15) is 15.3 Å². The average Bonchev–Trinajstić information content (AvgIpc) is 2.82. The van der Waals surface area contributed by atoms with Gasteiger partial charge >= 0.3 is 0 Å². The highest BCUT2D eigenvalue weighted by atomic mass is 35.5. The van der Waals surface area contributed by atoms with Crippen LogP contribution in [0.4, 0.5) is 5.69 Å². The van der Waals surface area contributed by atoms with Crippen molar-refractivity contribution in [1.29, 1.82) is 10.5 Å². The summed E-state index contributed by atoms with van der Waals surface area (Å²) in [6, 6.07) is 21.0. The van der Waals surface area contributed by atoms with Crippen LogP contribution in [0.3, 0.4) is 0 Å². The third-order valence-electron chi connectivity index (χ3n) is 4.61. The molecule has 0 fully saturated rings. The van der Waals surface area contributed by atoms with E-state index in [1.165, 1.54) is 6.08 Å². The molecule has 3 aromatic carbocycles. The number of hydrogen-bond acceptors (Lipinski definition) is 5. The first-order valence-corrected chi connectivity index (χ1v) is 11.0. The lowest BCUT2D eigenvalue weighted by Gasteiger charge is -2.12. The van der Waals surface area contributed by atoms with Crippen LogP contribution in [0.15, 0.2) is 66.2 Å². The van der Waals surface area contributed by atoms with E-state index in [1.54, 1.807) is 60.7 Å². The Morgan fingerprint density at radius 2 is 1.76 bits per heavy atom. The highest BCUT2D eigenvalue weighted by molar-refractivity contribution is 6.37. The molecule has 0 aliphatic heterocycles. The summed E-state index contributed by atoms with van der Waals surface area (Å²) in [5, 5.41) is 21.8. The third-order valence-corrected chi connectivity index (χ3v) is 5.17. The monoisotopic (exact) mass is 491 g/mol. The Morgan fingerprint density at radius 3 is 2.44 bits per heavy atom. The van der Waals surface area contributed by atoms with E-state index >= 15 is 0 Å². The van der Waals surface area contributed by atoms with Crippen LogP contribution < -0.4 is 14.8 Å². The normalized spacial score (nSPS) is 10.7. The number of nitriles is 2. The standard InChI is InChI=1S/C26H19Cl2N3O3/c1-2-33-22-9-5-8-21(13-22)31-26(32)20(15-30)10-17-11-23(27)25(24(28)12-17)34-16-19-7-4-3-6-18(19)14-29/h3-13H,2,16H2,1H3,(H,31,32)/b20-10-. The zero-order chi connectivity index (χ0) is 24.5. The van der Waals surface area contributed by atoms with E-state index in [4.69, 9.17) is 32.7 Å². The zero-order valence-electron chi connectivity index (χ0n) is 18.1. The predicted octanol–water partition coefficient (Wildman–Crippen LogP) is 6.39. The van der Waals surface area contributed by atoms with Crippen molar-refractivity contribution in [2.24, 2.45) is 0 Å². The predicted molar refractivity (Wildman–Crippen MR) is 132 cm³/mol. The number of ether oxygens (including phenoxy) is 2. The molecule has 34 heavy (non-hydrogen) atoms. The summed E-state index contributed by atoms with van der Waals surface area (Å²) in [6.45, 7) is 2.46. The molecule has 0 spiro atoms. The second kappa shape index (κ2) is 11.8. The third kappa shape index (κ3) is 6.30. The Labute approximate surface area is 207 Å². The minimum Gasteiger partial charge on any atom is -0.494 e. The fraction of sp³-hybridized carbons (Fsp3) is 0.115. The molecule has 0 atom stereocenters. The molecule has 1 amide bonds. The van der Waals surface area contributed by atoms with Crippen LogP contribution in [0.25, 0.3) is 6.08 Å². The number of nitrogens with one attached hydrogen (secondary N) is 1. The maximum absolute atomic E-state index is 12.6. The van der Waals surface area contributed by atoms with Gasteiger partial charge in [-0.05, 0) is 48.9 Å². The van der Waals surface area contributed by atoms with Gasteiger partial charge in [0, 0.05) is 17.3 Å². The van der Waals surface area contributed by atoms with E-state index in [1.807, 2.05) is 13.0 Å². The second-order valence-corrected chi connectivity index (χ2v) is 7.77. The van der Waals surface area contributed by atoms with Gasteiger partial charge in [0.1, 0.15) is 24.0 Å². The lowest BCUT2D eigenvalue weighted by atomic mass is 10.1. The molecule has 1 N–H and O–H groups in total. The van der Waals surface area contributed by atoms with Crippen molar-refractivity contribution in [2.75, 3.05) is 11.9 Å². The molecule has 0 bridgehead atoms. The Kier molecular flexibility index (Phi) is 8.54. The van der Waals surface area contributed by atoms with E-state index in [-0.39, 0.29) is 28.0 Å². The van der Waals surface area contributed by atoms with Crippen LogP contribution >= 0.6 is 23.2 Å². The number of benzene rings is 3. The summed E-state index contributed by atoms with van der Waals surface area (Å²) in [7, 11) is 0. The highest BCUT2D eigenvalue weighted by Crippen LogP contribution is 2.35. The molecule has 0 aliphatic carbocycles. The molecule has 170 valence electrons. The number of nitrogens with zero attached hydrogens (tertiary/aromatic N) is 2. The summed E-state index contributed by atoms with van der Waals surface area (Å²) in [6.07, 6.45) is 1.38. The van der Waals surface area contributed by atoms with Gasteiger partial charge in [-0.2, -0.15) is 10.5 Å². The zero-order valence-corrected chi connectivity index (χ0v) is 19.7. The van der Waals surface area contributed by atoms with Crippen molar-refractivity contribution < 1.29 is 14.3 Å². The molecule has 0 saturated carbocycles. The summed E-state index contributed by atoms with van der Waals surface area (Å²) in [4.78, 5) is 12.6. The van der Waals surface area contributed by atoms with E-state index < -0.39 is 5.91 Å². The van der Waals surface area contributed by atoms with Crippen molar-refractivity contribution in [3.8, 4) is 23.6 Å². The minimum absolute atomic E-state index is 0.102. The Balaban J connectivity index is 1.77. The van der Waals surface area contributed by atoms with Crippen molar-refractivity contribution in [1.82, 2.24) is 0 Å². The van der Waals surface area contributed by atoms with Crippen LogP contribution in [0.2, 0.25) is 10.0 Å². The Hall–Kier alpha value is -3.97. The number of hydrogen-bond donors (Lipinski definition) is 1. The van der Waals surface area contributed by atoms with Crippen molar-refractivity contribution >= 4 is 40.9 Å². The molecule has 0 radical (unpaired) electrons. The molecule has 6 nitrogen and oxygen atoms in total. The molecule has 0 saturated heterocycles. The number of amides is 1. The van der Waals surface area contributed by atoms with Gasteiger partial charge in [0.2, 0.25) is 0 Å². The lowest BCUT2D eigenvalue weighted by Crippen LogP contribution is -2.13. The van der Waals surface area contributed by atoms with Crippen LogP contribution in [0, 0.1) is 22.7 Å². The van der Waals surface area contributed by atoms with E-state index in [2.05, 4.69) is 11.4 Å². The average molecular weight is 492 g/mol. The van der Waals surface area contributed by atoms with Crippen LogP contribution in [0.1, 0.15) is 23.6 Å². The largest absolute Gasteiger partial charge is 0.494 e. The molecule has 0 unspecified atom stereocenters. The number of halogens is 2. The Bertz CT molecular complexity index is 1300. The summed E-state index contributed by atoms with van der Waals surface area (Å²) in [5.74, 6) is 0.259. The Morgan fingerprint density at radius 1 is 1.03 bits per heavy atom. The first kappa shape index (κ1) is 24.7. The minimum atomic E-state index is -0.586. The van der Waals surface area contributed by atoms with Gasteiger partial charge in [0.25, 0.3) is 5.91 Å². The summed E-state index contributed by atoms with van der Waals surface area (Å²) in [5.41, 5.74) is 2.00. The van der Waals surface area contributed by atoms with Gasteiger partial charge < -0.3 is 14.8 Å². The SMILES string of the molecule is CCOc1cccc(NC(=O)/C(C#N)=C\c2cc(Cl)c(OCc3ccccc3C#N)c(Cl)c2)c1. The molecule has 3 rings (SSSR count). The number of carbonyl (C=O) groups is 1. The van der Waals surface area contributed by atoms with Crippen LogP contribution in [-0.4, -0.2) is 12.5 Å². The molecule has 0 aliphatic rings. The van der Waals surface area contributed by atoms with Gasteiger partial charge in [0.15, 0.2) is 5.75 Å². The number of anilines is 1. The van der Waals surface area contributed by atoms with Gasteiger partial charge in [-0.15, -0.1) is 0 Å². The van der Waals surface area contributed by atoms with Crippen LogP contribution in [-0.2, 0) is 11.4 Å². The number of rotatable bonds is 8. The molecule has 8 heteroatoms. The first-order valence-electron chi connectivity index (χ1n) is 10.2. The first-order chi connectivity index (χ1) is 16.4. The topological polar surface area (TPSA) is 95.1 Å². The maximum Gasteiger partial charge on any atom is 0.266 e. The van der Waals surface area contributed by atoms with E-state index in [0.717, 1.165) is 0 Å². The van der Waals surface area contributed by atoms with Gasteiger partial charge in [-0.25, -0.2) is 0 Å². The van der Waals surface area contributed by atoms with Gasteiger partial charge in [0.05, 0.1) is 28.3 Å². The van der Waals surface area contributed by atoms with Crippen molar-refractivity contribution in [3.05, 3.63) is 93.0 Å². The fourth-order valence-corrected chi connectivity index (χ4v) is 3.66. The quantitative estimate of drug-likeness (QED) is 0.291. The van der Waals surface area contributed by atoms with E-state index in [0.29, 0.717) is 34.7 Å². The fourth-order valence-electron chi connectivity index (χ4n) is 3.05. The maximum atomic E-state index is 12.6. The van der Waals surface area contributed by atoms with Crippen molar-refractivity contribution in [2.45, 2.75) is 13.5 Å². The summed E-state index contributed by atoms with van der Waals surface area (Å²) < 4.78 is 11.2. The van der Waals surface area contributed by atoms with Gasteiger partial charge in [-0.1, -0.05) is 47.5 Å². The smallest absolute Gasteiger partial charge is 0.266 e. The van der Waals surface area contributed by atoms with Crippen LogP contribution in [0.5, 0.6) is 11.5 Å². The number of carbonyl (C=O) groups excluding carboxylic acids is 1.